The molecule has 0 spiro atoms. The highest BCUT2D eigenvalue weighted by atomic mass is 32.1. The molecule has 0 unspecified atom stereocenters. The third kappa shape index (κ3) is 3.27. The Kier molecular flexibility index (Phi) is 4.27. The number of aromatic nitrogens is 1. The van der Waals surface area contributed by atoms with E-state index >= 15 is 0 Å². The van der Waals surface area contributed by atoms with Gasteiger partial charge in [0, 0.05) is 23.8 Å². The molecule has 1 aliphatic carbocycles. The fraction of sp³-hybridized carbons (Fsp3) is 0.471. The van der Waals surface area contributed by atoms with Crippen LogP contribution in [-0.4, -0.2) is 11.6 Å². The lowest BCUT2D eigenvalue weighted by molar-refractivity contribution is 0.319. The van der Waals surface area contributed by atoms with Gasteiger partial charge in [-0.1, -0.05) is 12.1 Å². The first kappa shape index (κ1) is 14.5. The van der Waals surface area contributed by atoms with Gasteiger partial charge in [0.1, 0.15) is 5.75 Å². The molecule has 0 saturated heterocycles. The first-order valence-electron chi connectivity index (χ1n) is 7.56. The molecule has 1 aromatic carbocycles. The predicted octanol–water partition coefficient (Wildman–Crippen LogP) is 3.72. The van der Waals surface area contributed by atoms with Gasteiger partial charge in [-0.15, -0.1) is 11.3 Å². The van der Waals surface area contributed by atoms with Crippen LogP contribution < -0.4 is 10.5 Å². The Labute approximate surface area is 130 Å². The molecule has 1 saturated carbocycles. The molecule has 3 rings (SSSR count). The number of rotatable bonds is 6. The van der Waals surface area contributed by atoms with E-state index in [0.717, 1.165) is 17.2 Å². The number of ether oxygens (including phenoxy) is 1. The number of hydrogen-bond acceptors (Lipinski definition) is 4. The third-order valence-corrected chi connectivity index (χ3v) is 5.20. The summed E-state index contributed by atoms with van der Waals surface area (Å²) >= 11 is 1.75. The quantitative estimate of drug-likeness (QED) is 0.884. The SMILES string of the molecule is Cc1cccc(OCCc2nc(C3CC3)c(CN)s2)c1C. The molecule has 2 N–H and O–H groups in total. The standard InChI is InChI=1S/C17H22N2OS/c1-11-4-3-5-14(12(11)2)20-9-8-16-19-17(13-6-7-13)15(10-18)21-16/h3-5,13H,6-10,18H2,1-2H3. The van der Waals surface area contributed by atoms with E-state index in [1.165, 1.54) is 34.5 Å². The highest BCUT2D eigenvalue weighted by molar-refractivity contribution is 7.11. The van der Waals surface area contributed by atoms with E-state index in [1.54, 1.807) is 11.3 Å². The van der Waals surface area contributed by atoms with Crippen molar-refractivity contribution in [3.63, 3.8) is 0 Å². The molecule has 1 aliphatic rings. The second-order valence-corrected chi connectivity index (χ2v) is 6.86. The summed E-state index contributed by atoms with van der Waals surface area (Å²) in [6, 6.07) is 6.18. The molecule has 1 aromatic heterocycles. The summed E-state index contributed by atoms with van der Waals surface area (Å²) in [4.78, 5) is 6.04. The summed E-state index contributed by atoms with van der Waals surface area (Å²) in [7, 11) is 0. The smallest absolute Gasteiger partial charge is 0.122 e. The van der Waals surface area contributed by atoms with Crippen molar-refractivity contribution in [1.82, 2.24) is 4.98 Å². The van der Waals surface area contributed by atoms with Gasteiger partial charge in [-0.3, -0.25) is 0 Å². The first-order chi connectivity index (χ1) is 10.2. The number of benzene rings is 1. The molecule has 2 aromatic rings. The summed E-state index contributed by atoms with van der Waals surface area (Å²) in [5.74, 6) is 1.65. The van der Waals surface area contributed by atoms with Crippen molar-refractivity contribution >= 4 is 11.3 Å². The van der Waals surface area contributed by atoms with Crippen LogP contribution in [-0.2, 0) is 13.0 Å². The van der Waals surface area contributed by atoms with Gasteiger partial charge in [0.25, 0.3) is 0 Å². The lowest BCUT2D eigenvalue weighted by atomic mass is 10.1. The Bertz CT molecular complexity index is 632. The second kappa shape index (κ2) is 6.16. The average molecular weight is 302 g/mol. The normalized spacial score (nSPS) is 14.4. The summed E-state index contributed by atoms with van der Waals surface area (Å²) in [5, 5.41) is 1.16. The van der Waals surface area contributed by atoms with Crippen molar-refractivity contribution < 1.29 is 4.74 Å². The van der Waals surface area contributed by atoms with Crippen LogP contribution in [0, 0.1) is 13.8 Å². The zero-order chi connectivity index (χ0) is 14.8. The highest BCUT2D eigenvalue weighted by Crippen LogP contribution is 2.42. The lowest BCUT2D eigenvalue weighted by Gasteiger charge is -2.09. The van der Waals surface area contributed by atoms with E-state index in [9.17, 15) is 0 Å². The molecular formula is C17H22N2OS. The molecule has 112 valence electrons. The number of thiazole rings is 1. The van der Waals surface area contributed by atoms with E-state index in [0.29, 0.717) is 19.1 Å². The molecular weight excluding hydrogens is 280 g/mol. The molecule has 0 aliphatic heterocycles. The van der Waals surface area contributed by atoms with Crippen LogP contribution in [0.3, 0.4) is 0 Å². The van der Waals surface area contributed by atoms with E-state index in [2.05, 4.69) is 19.9 Å². The summed E-state index contributed by atoms with van der Waals surface area (Å²) < 4.78 is 5.92. The zero-order valence-corrected chi connectivity index (χ0v) is 13.5. The van der Waals surface area contributed by atoms with Crippen LogP contribution in [0.5, 0.6) is 5.75 Å². The van der Waals surface area contributed by atoms with Crippen LogP contribution in [0.2, 0.25) is 0 Å². The third-order valence-electron chi connectivity index (χ3n) is 4.05. The minimum Gasteiger partial charge on any atom is -0.493 e. The fourth-order valence-electron chi connectivity index (χ4n) is 2.47. The van der Waals surface area contributed by atoms with Crippen molar-refractivity contribution in [3.05, 3.63) is 44.9 Å². The molecule has 0 amide bonds. The molecule has 1 heterocycles. The topological polar surface area (TPSA) is 48.1 Å². The molecule has 3 nitrogen and oxygen atoms in total. The van der Waals surface area contributed by atoms with Crippen LogP contribution >= 0.6 is 11.3 Å². The second-order valence-electron chi connectivity index (χ2n) is 5.69. The predicted molar refractivity (Wildman–Crippen MR) is 87.1 cm³/mol. The summed E-state index contributed by atoms with van der Waals surface area (Å²) in [6.45, 7) is 5.50. The Morgan fingerprint density at radius 3 is 2.86 bits per heavy atom. The molecule has 0 atom stereocenters. The Balaban J connectivity index is 1.61. The van der Waals surface area contributed by atoms with Crippen molar-refractivity contribution in [2.75, 3.05) is 6.61 Å². The maximum Gasteiger partial charge on any atom is 0.122 e. The van der Waals surface area contributed by atoms with Crippen molar-refractivity contribution in [1.29, 1.82) is 0 Å². The van der Waals surface area contributed by atoms with E-state index in [1.807, 2.05) is 12.1 Å². The fourth-order valence-corrected chi connectivity index (χ4v) is 3.49. The first-order valence-corrected chi connectivity index (χ1v) is 8.38. The number of nitrogens with zero attached hydrogens (tertiary/aromatic N) is 1. The van der Waals surface area contributed by atoms with Gasteiger partial charge < -0.3 is 10.5 Å². The molecule has 4 heteroatoms. The average Bonchev–Trinajstić information content (AvgIpc) is 3.24. The van der Waals surface area contributed by atoms with Crippen molar-refractivity contribution in [2.45, 2.75) is 45.6 Å². The van der Waals surface area contributed by atoms with Gasteiger partial charge in [0.2, 0.25) is 0 Å². The molecule has 21 heavy (non-hydrogen) atoms. The lowest BCUT2D eigenvalue weighted by Crippen LogP contribution is -2.03. The van der Waals surface area contributed by atoms with Gasteiger partial charge in [-0.25, -0.2) is 4.98 Å². The Morgan fingerprint density at radius 1 is 1.33 bits per heavy atom. The minimum absolute atomic E-state index is 0.612. The van der Waals surface area contributed by atoms with Gasteiger partial charge in [0.15, 0.2) is 0 Å². The minimum atomic E-state index is 0.612. The molecule has 1 fully saturated rings. The highest BCUT2D eigenvalue weighted by Gasteiger charge is 2.29. The van der Waals surface area contributed by atoms with Crippen LogP contribution in [0.25, 0.3) is 0 Å². The van der Waals surface area contributed by atoms with Crippen LogP contribution in [0.15, 0.2) is 18.2 Å². The summed E-state index contributed by atoms with van der Waals surface area (Å²) in [6.07, 6.45) is 3.40. The monoisotopic (exact) mass is 302 g/mol. The van der Waals surface area contributed by atoms with Gasteiger partial charge >= 0.3 is 0 Å². The largest absolute Gasteiger partial charge is 0.493 e. The zero-order valence-electron chi connectivity index (χ0n) is 12.7. The van der Waals surface area contributed by atoms with Crippen molar-refractivity contribution in [2.24, 2.45) is 5.73 Å². The van der Waals surface area contributed by atoms with Gasteiger partial charge in [0.05, 0.1) is 17.3 Å². The van der Waals surface area contributed by atoms with Crippen molar-refractivity contribution in [3.8, 4) is 5.75 Å². The summed E-state index contributed by atoms with van der Waals surface area (Å²) in [5.41, 5.74) is 9.57. The Hall–Kier alpha value is -1.39. The number of aryl methyl sites for hydroxylation is 1. The van der Waals surface area contributed by atoms with Crippen LogP contribution in [0.4, 0.5) is 0 Å². The van der Waals surface area contributed by atoms with E-state index in [-0.39, 0.29) is 0 Å². The molecule has 0 radical (unpaired) electrons. The van der Waals surface area contributed by atoms with Gasteiger partial charge in [-0.05, 0) is 43.9 Å². The molecule has 0 bridgehead atoms. The van der Waals surface area contributed by atoms with E-state index in [4.69, 9.17) is 15.5 Å². The van der Waals surface area contributed by atoms with E-state index < -0.39 is 0 Å². The Morgan fingerprint density at radius 2 is 2.14 bits per heavy atom. The number of nitrogens with two attached hydrogens (primary N) is 1. The number of hydrogen-bond donors (Lipinski definition) is 1. The maximum absolute atomic E-state index is 5.92. The maximum atomic E-state index is 5.92. The van der Waals surface area contributed by atoms with Crippen LogP contribution in [0.1, 0.15) is 45.5 Å². The van der Waals surface area contributed by atoms with Gasteiger partial charge in [-0.2, -0.15) is 0 Å².